The third kappa shape index (κ3) is 4.03. The minimum absolute atomic E-state index is 0.0570. The van der Waals surface area contributed by atoms with E-state index in [4.69, 9.17) is 5.11 Å². The van der Waals surface area contributed by atoms with E-state index in [1.54, 1.807) is 6.92 Å². The van der Waals surface area contributed by atoms with Gasteiger partial charge in [0.05, 0.1) is 13.4 Å². The maximum absolute atomic E-state index is 11.6. The van der Waals surface area contributed by atoms with Crippen LogP contribution in [0.1, 0.15) is 26.2 Å². The predicted molar refractivity (Wildman–Crippen MR) is 65.7 cm³/mol. The first-order chi connectivity index (χ1) is 8.58. The molecule has 2 atom stereocenters. The van der Waals surface area contributed by atoms with Crippen molar-refractivity contribution in [3.8, 4) is 0 Å². The molecule has 0 bridgehead atoms. The number of hydrogen-bond acceptors (Lipinski definition) is 4. The number of methoxy groups -OCH3 is 1. The van der Waals surface area contributed by atoms with Crippen LogP contribution in [-0.2, 0) is 9.53 Å². The summed E-state index contributed by atoms with van der Waals surface area (Å²) >= 11 is 0. The average molecular weight is 256 g/mol. The summed E-state index contributed by atoms with van der Waals surface area (Å²) in [4.78, 5) is 23.1. The summed E-state index contributed by atoms with van der Waals surface area (Å²) in [5, 5.41) is 14.1. The molecule has 0 aromatic heterocycles. The number of rotatable bonds is 4. The van der Waals surface area contributed by atoms with Crippen LogP contribution >= 0.6 is 0 Å². The Morgan fingerprint density at radius 1 is 1.44 bits per heavy atom. The first kappa shape index (κ1) is 14.5. The van der Waals surface area contributed by atoms with E-state index in [1.807, 2.05) is 0 Å². The molecule has 1 fully saturated rings. The van der Waals surface area contributed by atoms with Crippen LogP contribution in [0.4, 0.5) is 4.79 Å². The SMILES string of the molecule is CO/C=C(\C)C(=O)NC(=O)N[C@@H]1CCC[C@@H]1CO. The fraction of sp³-hybridized carbons (Fsp3) is 0.667. The van der Waals surface area contributed by atoms with E-state index in [-0.39, 0.29) is 18.6 Å². The topological polar surface area (TPSA) is 87.7 Å². The number of imide groups is 1. The van der Waals surface area contributed by atoms with Gasteiger partial charge in [-0.3, -0.25) is 10.1 Å². The molecule has 3 N–H and O–H groups in total. The number of amides is 3. The molecule has 1 rings (SSSR count). The quantitative estimate of drug-likeness (QED) is 0.505. The predicted octanol–water partition coefficient (Wildman–Crippen LogP) is 0.523. The molecular weight excluding hydrogens is 236 g/mol. The van der Waals surface area contributed by atoms with Gasteiger partial charge in [0.25, 0.3) is 5.91 Å². The van der Waals surface area contributed by atoms with Crippen LogP contribution in [-0.4, -0.2) is 36.8 Å². The number of urea groups is 1. The Kier molecular flexibility index (Phi) is 5.64. The Labute approximate surface area is 106 Å². The highest BCUT2D eigenvalue weighted by Crippen LogP contribution is 2.24. The van der Waals surface area contributed by atoms with Crippen LogP contribution in [0.5, 0.6) is 0 Å². The number of hydrogen-bond donors (Lipinski definition) is 3. The van der Waals surface area contributed by atoms with E-state index in [0.29, 0.717) is 5.57 Å². The molecular formula is C12H20N2O4. The van der Waals surface area contributed by atoms with Crippen LogP contribution in [0.25, 0.3) is 0 Å². The van der Waals surface area contributed by atoms with Gasteiger partial charge in [0.1, 0.15) is 0 Å². The van der Waals surface area contributed by atoms with Gasteiger partial charge >= 0.3 is 6.03 Å². The second-order valence-corrected chi connectivity index (χ2v) is 4.44. The number of nitrogens with one attached hydrogen (secondary N) is 2. The fourth-order valence-electron chi connectivity index (χ4n) is 2.08. The molecule has 0 saturated heterocycles. The van der Waals surface area contributed by atoms with Gasteiger partial charge in [-0.2, -0.15) is 0 Å². The lowest BCUT2D eigenvalue weighted by atomic mass is 10.1. The Morgan fingerprint density at radius 2 is 2.17 bits per heavy atom. The van der Waals surface area contributed by atoms with Crippen molar-refractivity contribution >= 4 is 11.9 Å². The highest BCUT2D eigenvalue weighted by atomic mass is 16.5. The monoisotopic (exact) mass is 256 g/mol. The Morgan fingerprint density at radius 3 is 2.78 bits per heavy atom. The Balaban J connectivity index is 2.42. The standard InChI is InChI=1S/C12H20N2O4/c1-8(7-18-2)11(16)14-12(17)13-10-5-3-4-9(10)6-15/h7,9-10,15H,3-6H2,1-2H3,(H2,13,14,16,17)/b8-7+/t9-,10-/m1/s1. The molecule has 0 aromatic carbocycles. The van der Waals surface area contributed by atoms with E-state index in [1.165, 1.54) is 13.4 Å². The van der Waals surface area contributed by atoms with Crippen molar-refractivity contribution in [1.29, 1.82) is 0 Å². The number of carbonyl (C=O) groups excluding carboxylic acids is 2. The molecule has 3 amide bonds. The van der Waals surface area contributed by atoms with Crippen LogP contribution < -0.4 is 10.6 Å². The van der Waals surface area contributed by atoms with Crippen molar-refractivity contribution in [1.82, 2.24) is 10.6 Å². The summed E-state index contributed by atoms with van der Waals surface area (Å²) in [6.07, 6.45) is 3.99. The zero-order chi connectivity index (χ0) is 13.5. The molecule has 0 spiro atoms. The van der Waals surface area contributed by atoms with Crippen molar-refractivity contribution < 1.29 is 19.4 Å². The third-order valence-corrected chi connectivity index (χ3v) is 3.09. The zero-order valence-electron chi connectivity index (χ0n) is 10.7. The van der Waals surface area contributed by atoms with Crippen LogP contribution in [0.3, 0.4) is 0 Å². The maximum atomic E-state index is 11.6. The van der Waals surface area contributed by atoms with Gasteiger partial charge in [0.15, 0.2) is 0 Å². The summed E-state index contributed by atoms with van der Waals surface area (Å²) in [7, 11) is 1.43. The normalized spacial score (nSPS) is 23.6. The van der Waals surface area contributed by atoms with Crippen molar-refractivity contribution in [3.05, 3.63) is 11.8 Å². The van der Waals surface area contributed by atoms with Crippen LogP contribution in [0, 0.1) is 5.92 Å². The van der Waals surface area contributed by atoms with Crippen LogP contribution in [0.2, 0.25) is 0 Å². The second kappa shape index (κ2) is 7.00. The lowest BCUT2D eigenvalue weighted by Crippen LogP contribution is -2.46. The Bertz CT molecular complexity index is 341. The van der Waals surface area contributed by atoms with E-state index in [9.17, 15) is 9.59 Å². The Hall–Kier alpha value is -1.56. The molecule has 6 heteroatoms. The molecule has 0 unspecified atom stereocenters. The zero-order valence-corrected chi connectivity index (χ0v) is 10.7. The van der Waals surface area contributed by atoms with Gasteiger partial charge in [-0.05, 0) is 19.8 Å². The van der Waals surface area contributed by atoms with Gasteiger partial charge in [0, 0.05) is 24.1 Å². The van der Waals surface area contributed by atoms with E-state index < -0.39 is 11.9 Å². The lowest BCUT2D eigenvalue weighted by Gasteiger charge is -2.18. The van der Waals surface area contributed by atoms with Gasteiger partial charge in [-0.25, -0.2) is 4.79 Å². The van der Waals surface area contributed by atoms with Crippen molar-refractivity contribution in [2.75, 3.05) is 13.7 Å². The highest BCUT2D eigenvalue weighted by Gasteiger charge is 2.28. The first-order valence-corrected chi connectivity index (χ1v) is 6.00. The van der Waals surface area contributed by atoms with E-state index in [2.05, 4.69) is 15.4 Å². The van der Waals surface area contributed by atoms with Crippen molar-refractivity contribution in [2.45, 2.75) is 32.2 Å². The molecule has 102 valence electrons. The van der Waals surface area contributed by atoms with E-state index in [0.717, 1.165) is 19.3 Å². The molecule has 6 nitrogen and oxygen atoms in total. The average Bonchev–Trinajstić information content (AvgIpc) is 2.76. The summed E-state index contributed by atoms with van der Waals surface area (Å²) in [6.45, 7) is 1.61. The minimum Gasteiger partial charge on any atom is -0.504 e. The van der Waals surface area contributed by atoms with Gasteiger partial charge < -0.3 is 15.2 Å². The molecule has 1 aliphatic carbocycles. The molecule has 0 aliphatic heterocycles. The van der Waals surface area contributed by atoms with E-state index >= 15 is 0 Å². The van der Waals surface area contributed by atoms with Gasteiger partial charge in [-0.1, -0.05) is 6.42 Å². The number of ether oxygens (including phenoxy) is 1. The van der Waals surface area contributed by atoms with Crippen LogP contribution in [0.15, 0.2) is 11.8 Å². The minimum atomic E-state index is -0.533. The third-order valence-electron chi connectivity index (χ3n) is 3.09. The number of aliphatic hydroxyl groups is 1. The molecule has 0 heterocycles. The second-order valence-electron chi connectivity index (χ2n) is 4.44. The molecule has 1 saturated carbocycles. The fourth-order valence-corrected chi connectivity index (χ4v) is 2.08. The smallest absolute Gasteiger partial charge is 0.321 e. The molecule has 1 aliphatic rings. The van der Waals surface area contributed by atoms with Crippen molar-refractivity contribution in [2.24, 2.45) is 5.92 Å². The maximum Gasteiger partial charge on any atom is 0.321 e. The first-order valence-electron chi connectivity index (χ1n) is 6.00. The van der Waals surface area contributed by atoms with Gasteiger partial charge in [0.2, 0.25) is 0 Å². The lowest BCUT2D eigenvalue weighted by molar-refractivity contribution is -0.116. The summed E-state index contributed by atoms with van der Waals surface area (Å²) in [5.41, 5.74) is 0.317. The number of carbonyl (C=O) groups is 2. The molecule has 18 heavy (non-hydrogen) atoms. The summed E-state index contributed by atoms with van der Waals surface area (Å²) in [5.74, 6) is -0.408. The molecule has 0 radical (unpaired) electrons. The number of aliphatic hydroxyl groups excluding tert-OH is 1. The summed E-state index contributed by atoms with van der Waals surface area (Å²) < 4.78 is 4.69. The summed E-state index contributed by atoms with van der Waals surface area (Å²) in [6, 6.07) is -0.594. The molecule has 0 aromatic rings. The highest BCUT2D eigenvalue weighted by molar-refractivity contribution is 6.03. The van der Waals surface area contributed by atoms with Gasteiger partial charge in [-0.15, -0.1) is 0 Å². The largest absolute Gasteiger partial charge is 0.504 e. The van der Waals surface area contributed by atoms with Crippen molar-refractivity contribution in [3.63, 3.8) is 0 Å².